The number of amides is 1. The van der Waals surface area contributed by atoms with Crippen molar-refractivity contribution < 1.29 is 14.7 Å². The van der Waals surface area contributed by atoms with Gasteiger partial charge in [-0.2, -0.15) is 0 Å². The van der Waals surface area contributed by atoms with E-state index in [9.17, 15) is 9.59 Å². The fourth-order valence-corrected chi connectivity index (χ4v) is 2.68. The number of rotatable bonds is 2. The van der Waals surface area contributed by atoms with Crippen molar-refractivity contribution in [3.8, 4) is 0 Å². The second-order valence-electron chi connectivity index (χ2n) is 5.45. The Morgan fingerprint density at radius 2 is 1.95 bits per heavy atom. The second kappa shape index (κ2) is 5.03. The zero-order valence-electron chi connectivity index (χ0n) is 11.5. The molecule has 1 saturated heterocycles. The van der Waals surface area contributed by atoms with Crippen LogP contribution in [0.15, 0.2) is 18.2 Å². The maximum Gasteiger partial charge on any atom is 0.308 e. The van der Waals surface area contributed by atoms with Crippen molar-refractivity contribution >= 4 is 11.9 Å². The van der Waals surface area contributed by atoms with Crippen LogP contribution in [0.3, 0.4) is 0 Å². The van der Waals surface area contributed by atoms with Gasteiger partial charge in [-0.25, -0.2) is 0 Å². The summed E-state index contributed by atoms with van der Waals surface area (Å²) in [6.07, 6.45) is 0. The first-order chi connectivity index (χ1) is 8.90. The molecule has 102 valence electrons. The number of likely N-dealkylation sites (tertiary alicyclic amines) is 1. The highest BCUT2D eigenvalue weighted by Crippen LogP contribution is 2.25. The molecule has 4 heteroatoms. The molecule has 4 nitrogen and oxygen atoms in total. The second-order valence-corrected chi connectivity index (χ2v) is 5.45. The Bertz CT molecular complexity index is 524. The molecule has 1 fully saturated rings. The quantitative estimate of drug-likeness (QED) is 0.887. The van der Waals surface area contributed by atoms with E-state index in [0.717, 1.165) is 11.1 Å². The van der Waals surface area contributed by atoms with E-state index in [0.29, 0.717) is 18.7 Å². The van der Waals surface area contributed by atoms with E-state index >= 15 is 0 Å². The highest BCUT2D eigenvalue weighted by molar-refractivity contribution is 5.96. The molecule has 0 aromatic heterocycles. The van der Waals surface area contributed by atoms with E-state index in [4.69, 9.17) is 5.11 Å². The first-order valence-electron chi connectivity index (χ1n) is 6.49. The monoisotopic (exact) mass is 261 g/mol. The summed E-state index contributed by atoms with van der Waals surface area (Å²) >= 11 is 0. The average Bonchev–Trinajstić information content (AvgIpc) is 2.70. The maximum absolute atomic E-state index is 12.4. The first kappa shape index (κ1) is 13.6. The summed E-state index contributed by atoms with van der Waals surface area (Å²) in [6.45, 7) is 6.61. The van der Waals surface area contributed by atoms with E-state index in [-0.39, 0.29) is 11.8 Å². The predicted octanol–water partition coefficient (Wildman–Crippen LogP) is 2.10. The fourth-order valence-electron chi connectivity index (χ4n) is 2.68. The Balaban J connectivity index is 2.19. The smallest absolute Gasteiger partial charge is 0.308 e. The molecule has 1 aliphatic rings. The lowest BCUT2D eigenvalue weighted by Gasteiger charge is -2.17. The zero-order valence-corrected chi connectivity index (χ0v) is 11.5. The number of nitrogens with zero attached hydrogens (tertiary/aromatic N) is 1. The minimum atomic E-state index is -0.816. The van der Waals surface area contributed by atoms with Crippen molar-refractivity contribution in [1.29, 1.82) is 0 Å². The third-order valence-electron chi connectivity index (χ3n) is 3.83. The molecule has 1 aliphatic heterocycles. The molecule has 1 aromatic carbocycles. The SMILES string of the molecule is Cc1ccc(C(=O)N2CC(C)C(C(=O)O)C2)c(C)c1. The van der Waals surface area contributed by atoms with Gasteiger partial charge in [0, 0.05) is 18.7 Å². The molecule has 2 unspecified atom stereocenters. The fraction of sp³-hybridized carbons (Fsp3) is 0.467. The number of aliphatic carboxylic acids is 1. The Labute approximate surface area is 113 Å². The zero-order chi connectivity index (χ0) is 14.2. The minimum absolute atomic E-state index is 0.00667. The van der Waals surface area contributed by atoms with Crippen molar-refractivity contribution in [2.24, 2.45) is 11.8 Å². The molecular weight excluding hydrogens is 242 g/mol. The molecule has 1 amide bonds. The standard InChI is InChI=1S/C15H19NO3/c1-9-4-5-12(10(2)6-9)14(17)16-7-11(3)13(8-16)15(18)19/h4-6,11,13H,7-8H2,1-3H3,(H,18,19). The maximum atomic E-state index is 12.4. The molecule has 1 N–H and O–H groups in total. The lowest BCUT2D eigenvalue weighted by Crippen LogP contribution is -2.30. The van der Waals surface area contributed by atoms with E-state index in [1.54, 1.807) is 4.90 Å². The van der Waals surface area contributed by atoms with Gasteiger partial charge in [-0.05, 0) is 31.4 Å². The van der Waals surface area contributed by atoms with Crippen LogP contribution < -0.4 is 0 Å². The Morgan fingerprint density at radius 3 is 2.47 bits per heavy atom. The first-order valence-corrected chi connectivity index (χ1v) is 6.49. The number of carbonyl (C=O) groups excluding carboxylic acids is 1. The lowest BCUT2D eigenvalue weighted by molar-refractivity contribution is -0.142. The van der Waals surface area contributed by atoms with Crippen molar-refractivity contribution in [2.75, 3.05) is 13.1 Å². The summed E-state index contributed by atoms with van der Waals surface area (Å²) in [4.78, 5) is 25.2. The largest absolute Gasteiger partial charge is 0.481 e. The van der Waals surface area contributed by atoms with Crippen molar-refractivity contribution in [1.82, 2.24) is 4.90 Å². The summed E-state index contributed by atoms with van der Waals surface area (Å²) in [5, 5.41) is 9.11. The Kier molecular flexibility index (Phi) is 3.60. The molecule has 0 spiro atoms. The number of carboxylic acids is 1. The third-order valence-corrected chi connectivity index (χ3v) is 3.83. The Morgan fingerprint density at radius 1 is 1.26 bits per heavy atom. The van der Waals surface area contributed by atoms with E-state index in [1.807, 2.05) is 39.0 Å². The van der Waals surface area contributed by atoms with Gasteiger partial charge in [0.05, 0.1) is 5.92 Å². The molecule has 1 heterocycles. The van der Waals surface area contributed by atoms with Crippen LogP contribution in [0.2, 0.25) is 0 Å². The van der Waals surface area contributed by atoms with Crippen LogP contribution >= 0.6 is 0 Å². The highest BCUT2D eigenvalue weighted by atomic mass is 16.4. The number of hydrogen-bond acceptors (Lipinski definition) is 2. The van der Waals surface area contributed by atoms with Gasteiger partial charge in [0.25, 0.3) is 5.91 Å². The van der Waals surface area contributed by atoms with Crippen molar-refractivity contribution in [3.05, 3.63) is 34.9 Å². The van der Waals surface area contributed by atoms with Crippen LogP contribution in [-0.4, -0.2) is 35.0 Å². The van der Waals surface area contributed by atoms with Gasteiger partial charge >= 0.3 is 5.97 Å². The summed E-state index contributed by atoms with van der Waals surface area (Å²) in [6, 6.07) is 5.71. The number of carboxylic acid groups (broad SMARTS) is 1. The predicted molar refractivity (Wildman–Crippen MR) is 72.1 cm³/mol. The van der Waals surface area contributed by atoms with Gasteiger partial charge in [0.15, 0.2) is 0 Å². The molecule has 0 radical (unpaired) electrons. The minimum Gasteiger partial charge on any atom is -0.481 e. The van der Waals surface area contributed by atoms with Gasteiger partial charge in [-0.3, -0.25) is 9.59 Å². The summed E-state index contributed by atoms with van der Waals surface area (Å²) in [7, 11) is 0. The summed E-state index contributed by atoms with van der Waals surface area (Å²) < 4.78 is 0. The molecule has 0 bridgehead atoms. The van der Waals surface area contributed by atoms with Gasteiger partial charge in [-0.15, -0.1) is 0 Å². The number of carbonyl (C=O) groups is 2. The number of aryl methyl sites for hydroxylation is 2. The van der Waals surface area contributed by atoms with Crippen LogP contribution in [0.25, 0.3) is 0 Å². The van der Waals surface area contributed by atoms with Gasteiger partial charge in [0.2, 0.25) is 0 Å². The van der Waals surface area contributed by atoms with Crippen LogP contribution in [0, 0.1) is 25.7 Å². The third kappa shape index (κ3) is 2.62. The van der Waals surface area contributed by atoms with E-state index < -0.39 is 11.9 Å². The average molecular weight is 261 g/mol. The normalized spacial score (nSPS) is 22.6. The lowest BCUT2D eigenvalue weighted by atomic mass is 9.99. The molecule has 19 heavy (non-hydrogen) atoms. The van der Waals surface area contributed by atoms with E-state index in [2.05, 4.69) is 0 Å². The van der Waals surface area contributed by atoms with E-state index in [1.165, 1.54) is 0 Å². The number of hydrogen-bond donors (Lipinski definition) is 1. The van der Waals surface area contributed by atoms with Crippen molar-refractivity contribution in [2.45, 2.75) is 20.8 Å². The summed E-state index contributed by atoms with van der Waals surface area (Å²) in [5.74, 6) is -1.32. The highest BCUT2D eigenvalue weighted by Gasteiger charge is 2.37. The topological polar surface area (TPSA) is 57.6 Å². The molecular formula is C15H19NO3. The molecule has 0 saturated carbocycles. The van der Waals surface area contributed by atoms with Crippen LogP contribution in [0.5, 0.6) is 0 Å². The van der Waals surface area contributed by atoms with Gasteiger partial charge in [0.1, 0.15) is 0 Å². The molecule has 1 aromatic rings. The molecule has 2 atom stereocenters. The van der Waals surface area contributed by atoms with Gasteiger partial charge < -0.3 is 10.0 Å². The van der Waals surface area contributed by atoms with Crippen LogP contribution in [0.4, 0.5) is 0 Å². The summed E-state index contributed by atoms with van der Waals surface area (Å²) in [5.41, 5.74) is 2.73. The molecule has 0 aliphatic carbocycles. The Hall–Kier alpha value is -1.84. The van der Waals surface area contributed by atoms with Crippen LogP contribution in [0.1, 0.15) is 28.4 Å². The van der Waals surface area contributed by atoms with Crippen LogP contribution in [-0.2, 0) is 4.79 Å². The number of benzene rings is 1. The van der Waals surface area contributed by atoms with Crippen molar-refractivity contribution in [3.63, 3.8) is 0 Å². The molecule has 2 rings (SSSR count). The van der Waals surface area contributed by atoms with Gasteiger partial charge in [-0.1, -0.05) is 24.6 Å².